The summed E-state index contributed by atoms with van der Waals surface area (Å²) >= 11 is 0. The van der Waals surface area contributed by atoms with Crippen LogP contribution in [0, 0.1) is 0 Å². The lowest BCUT2D eigenvalue weighted by atomic mass is 10.2. The van der Waals surface area contributed by atoms with Crippen LogP contribution in [0.25, 0.3) is 0 Å². The van der Waals surface area contributed by atoms with E-state index in [9.17, 15) is 0 Å². The molecule has 112 valence electrons. The highest BCUT2D eigenvalue weighted by Gasteiger charge is 2.14. The van der Waals surface area contributed by atoms with Crippen molar-refractivity contribution in [2.24, 2.45) is 0 Å². The van der Waals surface area contributed by atoms with Crippen molar-refractivity contribution in [3.05, 3.63) is 29.8 Å². The van der Waals surface area contributed by atoms with Crippen molar-refractivity contribution in [1.82, 2.24) is 5.32 Å². The quantitative estimate of drug-likeness (QED) is 0.701. The molecule has 0 bridgehead atoms. The molecule has 0 atom stereocenters. The first-order valence-electron chi connectivity index (χ1n) is 7.93. The van der Waals surface area contributed by atoms with Gasteiger partial charge in [-0.25, -0.2) is 0 Å². The minimum atomic E-state index is 0.472. The molecule has 0 unspecified atom stereocenters. The fourth-order valence-electron chi connectivity index (χ4n) is 2.61. The van der Waals surface area contributed by atoms with Gasteiger partial charge >= 0.3 is 0 Å². The van der Waals surface area contributed by atoms with Crippen LogP contribution in [-0.4, -0.2) is 25.9 Å². The van der Waals surface area contributed by atoms with Gasteiger partial charge < -0.3 is 14.8 Å². The zero-order chi connectivity index (χ0) is 14.0. The maximum atomic E-state index is 5.86. The summed E-state index contributed by atoms with van der Waals surface area (Å²) in [5, 5.41) is 3.42. The van der Waals surface area contributed by atoms with Crippen LogP contribution < -0.4 is 10.1 Å². The first-order valence-corrected chi connectivity index (χ1v) is 7.93. The van der Waals surface area contributed by atoms with Gasteiger partial charge in [0.25, 0.3) is 0 Å². The molecule has 1 N–H and O–H groups in total. The molecule has 1 fully saturated rings. The maximum Gasteiger partial charge on any atom is 0.123 e. The molecule has 0 spiro atoms. The van der Waals surface area contributed by atoms with Crippen molar-refractivity contribution < 1.29 is 9.47 Å². The molecule has 2 rings (SSSR count). The van der Waals surface area contributed by atoms with E-state index >= 15 is 0 Å². The molecular formula is C17H27NO2. The second-order valence-corrected chi connectivity index (χ2v) is 5.41. The molecule has 0 amide bonds. The third-order valence-electron chi connectivity index (χ3n) is 3.71. The molecule has 0 saturated heterocycles. The van der Waals surface area contributed by atoms with Gasteiger partial charge in [0.15, 0.2) is 0 Å². The van der Waals surface area contributed by atoms with E-state index in [-0.39, 0.29) is 0 Å². The Kier molecular flexibility index (Phi) is 6.89. The predicted molar refractivity (Wildman–Crippen MR) is 82.1 cm³/mol. The molecule has 20 heavy (non-hydrogen) atoms. The van der Waals surface area contributed by atoms with Gasteiger partial charge in [0.05, 0.1) is 12.7 Å². The number of benzene rings is 1. The van der Waals surface area contributed by atoms with E-state index in [1.54, 1.807) is 0 Å². The van der Waals surface area contributed by atoms with Crippen LogP contribution in [0.15, 0.2) is 24.3 Å². The van der Waals surface area contributed by atoms with E-state index in [1.165, 1.54) is 31.2 Å². The van der Waals surface area contributed by atoms with Gasteiger partial charge in [0, 0.05) is 12.1 Å². The van der Waals surface area contributed by atoms with Crippen molar-refractivity contribution in [3.63, 3.8) is 0 Å². The molecule has 3 heteroatoms. The summed E-state index contributed by atoms with van der Waals surface area (Å²) in [5.41, 5.74) is 1.22. The summed E-state index contributed by atoms with van der Waals surface area (Å²) in [4.78, 5) is 0. The molecular weight excluding hydrogens is 250 g/mol. The number of nitrogens with one attached hydrogen (secondary N) is 1. The van der Waals surface area contributed by atoms with E-state index in [0.717, 1.165) is 25.3 Å². The molecule has 0 radical (unpaired) electrons. The van der Waals surface area contributed by atoms with Gasteiger partial charge in [-0.15, -0.1) is 0 Å². The maximum absolute atomic E-state index is 5.86. The van der Waals surface area contributed by atoms with Crippen molar-refractivity contribution in [3.8, 4) is 5.75 Å². The van der Waals surface area contributed by atoms with E-state index in [0.29, 0.717) is 19.3 Å². The number of ether oxygens (including phenoxy) is 2. The Balaban J connectivity index is 1.70. The molecule has 1 saturated carbocycles. The number of hydrogen-bond acceptors (Lipinski definition) is 3. The summed E-state index contributed by atoms with van der Waals surface area (Å²) in [5.74, 6) is 0.978. The molecule has 1 aromatic rings. The third kappa shape index (κ3) is 5.14. The molecule has 0 aliphatic heterocycles. The van der Waals surface area contributed by atoms with Crippen LogP contribution in [-0.2, 0) is 11.3 Å². The molecule has 1 aliphatic rings. The SMILES string of the molecule is CCCNCc1ccccc1OCCOC1CCCC1. The number of hydrogen-bond donors (Lipinski definition) is 1. The number of rotatable bonds is 9. The highest BCUT2D eigenvalue weighted by atomic mass is 16.5. The van der Waals surface area contributed by atoms with Crippen molar-refractivity contribution in [2.45, 2.75) is 51.7 Å². The lowest BCUT2D eigenvalue weighted by Crippen LogP contribution is -2.16. The fraction of sp³-hybridized carbons (Fsp3) is 0.647. The minimum absolute atomic E-state index is 0.472. The van der Waals surface area contributed by atoms with Crippen LogP contribution in [0.1, 0.15) is 44.6 Å². The van der Waals surface area contributed by atoms with E-state index in [2.05, 4.69) is 24.4 Å². The van der Waals surface area contributed by atoms with Crippen LogP contribution >= 0.6 is 0 Å². The Hall–Kier alpha value is -1.06. The van der Waals surface area contributed by atoms with Gasteiger partial charge in [0.1, 0.15) is 12.4 Å². The highest BCUT2D eigenvalue weighted by molar-refractivity contribution is 5.33. The van der Waals surface area contributed by atoms with Gasteiger partial charge in [0.2, 0.25) is 0 Å². The Labute approximate surface area is 122 Å². The third-order valence-corrected chi connectivity index (χ3v) is 3.71. The normalized spacial score (nSPS) is 15.7. The molecule has 1 aliphatic carbocycles. The topological polar surface area (TPSA) is 30.5 Å². The average molecular weight is 277 g/mol. The smallest absolute Gasteiger partial charge is 0.123 e. The Morgan fingerprint density at radius 2 is 1.95 bits per heavy atom. The van der Waals surface area contributed by atoms with Crippen molar-refractivity contribution >= 4 is 0 Å². The highest BCUT2D eigenvalue weighted by Crippen LogP contribution is 2.21. The minimum Gasteiger partial charge on any atom is -0.491 e. The van der Waals surface area contributed by atoms with E-state index in [4.69, 9.17) is 9.47 Å². The zero-order valence-corrected chi connectivity index (χ0v) is 12.6. The summed E-state index contributed by atoms with van der Waals surface area (Å²) < 4.78 is 11.7. The van der Waals surface area contributed by atoms with E-state index in [1.807, 2.05) is 12.1 Å². The molecule has 1 aromatic carbocycles. The van der Waals surface area contributed by atoms with Gasteiger partial charge in [-0.3, -0.25) is 0 Å². The van der Waals surface area contributed by atoms with Crippen molar-refractivity contribution in [2.75, 3.05) is 19.8 Å². The largest absolute Gasteiger partial charge is 0.491 e. The Bertz CT molecular complexity index is 375. The average Bonchev–Trinajstić information content (AvgIpc) is 2.98. The summed E-state index contributed by atoms with van der Waals surface area (Å²) in [7, 11) is 0. The second-order valence-electron chi connectivity index (χ2n) is 5.41. The van der Waals surface area contributed by atoms with E-state index < -0.39 is 0 Å². The number of para-hydroxylation sites is 1. The predicted octanol–water partition coefficient (Wildman–Crippen LogP) is 3.52. The fourth-order valence-corrected chi connectivity index (χ4v) is 2.61. The lowest BCUT2D eigenvalue weighted by molar-refractivity contribution is 0.0380. The monoisotopic (exact) mass is 277 g/mol. The van der Waals surface area contributed by atoms with Gasteiger partial charge in [-0.2, -0.15) is 0 Å². The Morgan fingerprint density at radius 3 is 2.75 bits per heavy atom. The van der Waals surface area contributed by atoms with Crippen LogP contribution in [0.5, 0.6) is 5.75 Å². The Morgan fingerprint density at radius 1 is 1.15 bits per heavy atom. The zero-order valence-electron chi connectivity index (χ0n) is 12.6. The summed E-state index contributed by atoms with van der Waals surface area (Å²) in [6.45, 7) is 5.42. The van der Waals surface area contributed by atoms with Crippen LogP contribution in [0.4, 0.5) is 0 Å². The molecule has 0 aromatic heterocycles. The van der Waals surface area contributed by atoms with Crippen LogP contribution in [0.3, 0.4) is 0 Å². The molecule has 3 nitrogen and oxygen atoms in total. The molecule has 0 heterocycles. The van der Waals surface area contributed by atoms with Crippen molar-refractivity contribution in [1.29, 1.82) is 0 Å². The summed E-state index contributed by atoms with van der Waals surface area (Å²) in [6, 6.07) is 8.25. The van der Waals surface area contributed by atoms with Gasteiger partial charge in [-0.05, 0) is 31.9 Å². The lowest BCUT2D eigenvalue weighted by Gasteiger charge is -2.14. The second kappa shape index (κ2) is 8.98. The standard InChI is InChI=1S/C17H27NO2/c1-2-11-18-14-15-7-3-6-10-17(15)20-13-12-19-16-8-4-5-9-16/h3,6-7,10,16,18H,2,4-5,8-9,11-14H2,1H3. The summed E-state index contributed by atoms with van der Waals surface area (Å²) in [6.07, 6.45) is 6.70. The first-order chi connectivity index (χ1) is 9.90. The first kappa shape index (κ1) is 15.3. The van der Waals surface area contributed by atoms with Gasteiger partial charge in [-0.1, -0.05) is 38.0 Å². The van der Waals surface area contributed by atoms with Crippen LogP contribution in [0.2, 0.25) is 0 Å².